The number of nitriles is 1. The number of H-pyrrole nitrogens is 1. The Labute approximate surface area is 167 Å². The van der Waals surface area contributed by atoms with Gasteiger partial charge >= 0.3 is 0 Å². The number of nitrogens with zero attached hydrogens (tertiary/aromatic N) is 2. The van der Waals surface area contributed by atoms with Gasteiger partial charge in [0, 0.05) is 6.61 Å². The molecule has 1 amide bonds. The van der Waals surface area contributed by atoms with Gasteiger partial charge in [-0.2, -0.15) is 5.26 Å². The van der Waals surface area contributed by atoms with E-state index in [1.54, 1.807) is 12.1 Å². The monoisotopic (exact) mass is 398 g/mol. The third kappa shape index (κ3) is 3.48. The number of rotatable bonds is 2. The van der Waals surface area contributed by atoms with Gasteiger partial charge in [0.05, 0.1) is 39.8 Å². The second-order valence-electron chi connectivity index (χ2n) is 7.80. The maximum atomic E-state index is 12.9. The summed E-state index contributed by atoms with van der Waals surface area (Å²) < 4.78 is 7.62. The van der Waals surface area contributed by atoms with Crippen LogP contribution in [0.2, 0.25) is 0 Å². The van der Waals surface area contributed by atoms with E-state index in [-0.39, 0.29) is 34.1 Å². The Balaban J connectivity index is 1.79. The van der Waals surface area contributed by atoms with Gasteiger partial charge in [0.25, 0.3) is 5.56 Å². The highest BCUT2D eigenvalue weighted by Gasteiger charge is 2.35. The Hall–Kier alpha value is -2.50. The highest BCUT2D eigenvalue weighted by molar-refractivity contribution is 8.00. The minimum absolute atomic E-state index is 0.0465. The molecule has 2 N–H and O–H groups in total. The molecule has 0 aliphatic carbocycles. The Kier molecular flexibility index (Phi) is 4.81. The molecule has 8 heteroatoms. The molecule has 146 valence electrons. The number of fused-ring (bicyclic) bond motifs is 1. The molecule has 1 saturated heterocycles. The maximum Gasteiger partial charge on any atom is 0.270 e. The predicted octanol–water partition coefficient (Wildman–Crippen LogP) is 2.95. The lowest BCUT2D eigenvalue weighted by Gasteiger charge is -2.36. The Morgan fingerprint density at radius 1 is 1.29 bits per heavy atom. The van der Waals surface area contributed by atoms with Gasteiger partial charge in [-0.3, -0.25) is 19.4 Å². The second kappa shape index (κ2) is 7.15. The molecule has 3 heterocycles. The lowest BCUT2D eigenvalue weighted by Crippen LogP contribution is -2.36. The molecule has 7 nitrogen and oxygen atoms in total. The first-order valence-corrected chi connectivity index (χ1v) is 10.3. The van der Waals surface area contributed by atoms with Crippen LogP contribution in [-0.4, -0.2) is 33.6 Å². The fraction of sp³-hybridized carbons (Fsp3) is 0.450. The summed E-state index contributed by atoms with van der Waals surface area (Å²) >= 11 is 1.42. The summed E-state index contributed by atoms with van der Waals surface area (Å²) in [5.74, 6) is 0.691. The zero-order chi connectivity index (χ0) is 19.9. The predicted molar refractivity (Wildman–Crippen MR) is 107 cm³/mol. The van der Waals surface area contributed by atoms with E-state index in [0.29, 0.717) is 23.6 Å². The number of hydrogen-bond acceptors (Lipinski definition) is 5. The number of benzene rings is 1. The van der Waals surface area contributed by atoms with Gasteiger partial charge in [-0.25, -0.2) is 0 Å². The highest BCUT2D eigenvalue weighted by atomic mass is 32.2. The summed E-state index contributed by atoms with van der Waals surface area (Å²) in [6, 6.07) is 9.33. The lowest BCUT2D eigenvalue weighted by atomic mass is 9.94. The van der Waals surface area contributed by atoms with Crippen molar-refractivity contribution in [3.05, 3.63) is 51.3 Å². The van der Waals surface area contributed by atoms with E-state index in [0.717, 1.165) is 18.4 Å². The minimum Gasteiger partial charge on any atom is -0.375 e. The van der Waals surface area contributed by atoms with Crippen molar-refractivity contribution in [2.75, 3.05) is 17.7 Å². The van der Waals surface area contributed by atoms with E-state index >= 15 is 0 Å². The molecular weight excluding hydrogens is 376 g/mol. The molecule has 2 aliphatic rings. The number of hydrogen-bond donors (Lipinski definition) is 2. The molecule has 0 saturated carbocycles. The van der Waals surface area contributed by atoms with Gasteiger partial charge < -0.3 is 10.1 Å². The van der Waals surface area contributed by atoms with Gasteiger partial charge in [-0.1, -0.05) is 12.1 Å². The van der Waals surface area contributed by atoms with E-state index < -0.39 is 0 Å². The average molecular weight is 398 g/mol. The molecule has 2 atom stereocenters. The van der Waals surface area contributed by atoms with Crippen LogP contribution in [0.3, 0.4) is 0 Å². The van der Waals surface area contributed by atoms with Crippen molar-refractivity contribution in [3.8, 4) is 6.07 Å². The summed E-state index contributed by atoms with van der Waals surface area (Å²) in [7, 11) is 0. The van der Waals surface area contributed by atoms with Crippen molar-refractivity contribution in [1.29, 1.82) is 5.26 Å². The largest absolute Gasteiger partial charge is 0.375 e. The summed E-state index contributed by atoms with van der Waals surface area (Å²) in [4.78, 5) is 25.3. The van der Waals surface area contributed by atoms with Crippen LogP contribution in [-0.2, 0) is 9.53 Å². The van der Waals surface area contributed by atoms with E-state index in [1.165, 1.54) is 11.8 Å². The molecule has 28 heavy (non-hydrogen) atoms. The summed E-state index contributed by atoms with van der Waals surface area (Å²) in [6.45, 7) is 4.68. The van der Waals surface area contributed by atoms with E-state index in [2.05, 4.69) is 16.5 Å². The van der Waals surface area contributed by atoms with Crippen molar-refractivity contribution < 1.29 is 9.53 Å². The number of carbonyl (C=O) groups is 1. The van der Waals surface area contributed by atoms with Crippen LogP contribution in [0.1, 0.15) is 54.7 Å². The van der Waals surface area contributed by atoms with Crippen LogP contribution in [0.5, 0.6) is 0 Å². The molecule has 1 aromatic heterocycles. The number of anilines is 1. The molecule has 0 radical (unpaired) electrons. The number of aromatic amines is 1. The fourth-order valence-corrected chi connectivity index (χ4v) is 5.06. The molecule has 2 aliphatic heterocycles. The molecular formula is C20H22N4O3S. The van der Waals surface area contributed by atoms with E-state index in [9.17, 15) is 9.59 Å². The van der Waals surface area contributed by atoms with Gasteiger partial charge in [0.15, 0.2) is 0 Å². The summed E-state index contributed by atoms with van der Waals surface area (Å²) in [5.41, 5.74) is 1.55. The number of ether oxygens (including phenoxy) is 1. The Bertz CT molecular complexity index is 1000. The maximum absolute atomic E-state index is 12.9. The second-order valence-corrected chi connectivity index (χ2v) is 8.89. The molecule has 0 spiro atoms. The lowest BCUT2D eigenvalue weighted by molar-refractivity contribution is -0.113. The zero-order valence-electron chi connectivity index (χ0n) is 15.8. The van der Waals surface area contributed by atoms with Gasteiger partial charge in [-0.05, 0) is 44.4 Å². The van der Waals surface area contributed by atoms with Crippen LogP contribution < -0.4 is 10.9 Å². The Morgan fingerprint density at radius 2 is 2.04 bits per heavy atom. The fourth-order valence-electron chi connectivity index (χ4n) is 3.93. The van der Waals surface area contributed by atoms with Crippen LogP contribution in [0.15, 0.2) is 29.1 Å². The molecule has 1 aromatic carbocycles. The van der Waals surface area contributed by atoms with Crippen molar-refractivity contribution in [1.82, 2.24) is 9.78 Å². The van der Waals surface area contributed by atoms with Gasteiger partial charge in [-0.15, -0.1) is 11.8 Å². The highest BCUT2D eigenvalue weighted by Crippen LogP contribution is 2.42. The van der Waals surface area contributed by atoms with E-state index in [1.807, 2.05) is 30.7 Å². The smallest absolute Gasteiger partial charge is 0.270 e. The van der Waals surface area contributed by atoms with Crippen molar-refractivity contribution in [2.24, 2.45) is 0 Å². The van der Waals surface area contributed by atoms with Gasteiger partial charge in [0.2, 0.25) is 5.91 Å². The topological polar surface area (TPSA) is 99.9 Å². The van der Waals surface area contributed by atoms with E-state index in [4.69, 9.17) is 10.00 Å². The summed E-state index contributed by atoms with van der Waals surface area (Å²) in [5, 5.41) is 14.6. The quantitative estimate of drug-likeness (QED) is 0.810. The molecule has 2 aromatic rings. The molecule has 0 unspecified atom stereocenters. The number of carbonyl (C=O) groups excluding carboxylic acids is 1. The average Bonchev–Trinajstić information content (AvgIpc) is 2.87. The SMILES string of the molecule is CC1(C)C[C@@H](n2[nH]c(=O)c3c2NC(=O)CS[C@@H]3c2ccc(C#N)cc2)CCO1. The first kappa shape index (κ1) is 18.8. The van der Waals surface area contributed by atoms with Crippen molar-refractivity contribution >= 4 is 23.5 Å². The minimum atomic E-state index is -0.285. The number of nitrogens with one attached hydrogen (secondary N) is 2. The molecule has 4 rings (SSSR count). The number of aromatic nitrogens is 2. The first-order chi connectivity index (χ1) is 13.4. The van der Waals surface area contributed by atoms with Crippen molar-refractivity contribution in [2.45, 2.75) is 43.6 Å². The van der Waals surface area contributed by atoms with Crippen LogP contribution in [0.25, 0.3) is 0 Å². The first-order valence-electron chi connectivity index (χ1n) is 9.28. The van der Waals surface area contributed by atoms with Crippen LogP contribution in [0.4, 0.5) is 5.82 Å². The van der Waals surface area contributed by atoms with Crippen molar-refractivity contribution in [3.63, 3.8) is 0 Å². The van der Waals surface area contributed by atoms with Crippen LogP contribution >= 0.6 is 11.8 Å². The molecule has 0 bridgehead atoms. The third-order valence-corrected chi connectivity index (χ3v) is 6.51. The Morgan fingerprint density at radius 3 is 2.71 bits per heavy atom. The number of thioether (sulfide) groups is 1. The zero-order valence-corrected chi connectivity index (χ0v) is 16.6. The van der Waals surface area contributed by atoms with Crippen LogP contribution in [0, 0.1) is 11.3 Å². The standard InChI is InChI=1S/C20H22N4O3S/c1-20(2)9-14(7-8-27-20)24-18-16(19(26)23-24)17(28-11-15(25)22-18)13-5-3-12(10-21)4-6-13/h3-6,14,17H,7-9,11H2,1-2H3,(H,22,25)(H,23,26)/t14-,17+/m0/s1. The normalized spacial score (nSPS) is 24.0. The summed E-state index contributed by atoms with van der Waals surface area (Å²) in [6.07, 6.45) is 1.51. The molecule has 1 fully saturated rings. The van der Waals surface area contributed by atoms with Gasteiger partial charge in [0.1, 0.15) is 5.82 Å². The third-order valence-electron chi connectivity index (χ3n) is 5.24. The number of amides is 1.